The molecule has 17 heavy (non-hydrogen) atoms. The number of pyridine rings is 1. The fourth-order valence-electron chi connectivity index (χ4n) is 1.16. The summed E-state index contributed by atoms with van der Waals surface area (Å²) < 4.78 is 10.0. The second-order valence-electron chi connectivity index (χ2n) is 3.19. The van der Waals surface area contributed by atoms with E-state index in [9.17, 15) is 4.79 Å². The third kappa shape index (κ3) is 3.30. The number of carbonyl (C=O) groups is 1. The third-order valence-electron chi connectivity index (χ3n) is 1.94. The number of hydrogen-bond donors (Lipinski definition) is 1. The Kier molecular flexibility index (Phi) is 3.69. The molecule has 2 heterocycles. The zero-order valence-corrected chi connectivity index (χ0v) is 9.00. The summed E-state index contributed by atoms with van der Waals surface area (Å²) in [4.78, 5) is 15.4. The summed E-state index contributed by atoms with van der Waals surface area (Å²) in [7, 11) is 0. The van der Waals surface area contributed by atoms with Gasteiger partial charge in [-0.25, -0.2) is 5.43 Å². The minimum absolute atomic E-state index is 0.125. The van der Waals surface area contributed by atoms with Crippen molar-refractivity contribution < 1.29 is 14.3 Å². The Bertz CT molecular complexity index is 443. The Morgan fingerprint density at radius 1 is 1.53 bits per heavy atom. The first-order valence-electron chi connectivity index (χ1n) is 5.04. The summed E-state index contributed by atoms with van der Waals surface area (Å²) in [6, 6.07) is 3.60. The molecule has 1 aliphatic heterocycles. The Hall–Kier alpha value is -2.37. The zero-order chi connectivity index (χ0) is 11.9. The van der Waals surface area contributed by atoms with Crippen LogP contribution in [-0.4, -0.2) is 30.3 Å². The highest BCUT2D eigenvalue weighted by atomic mass is 16.6. The van der Waals surface area contributed by atoms with E-state index in [0.29, 0.717) is 13.2 Å². The van der Waals surface area contributed by atoms with E-state index in [-0.39, 0.29) is 5.76 Å². The Balaban J connectivity index is 1.88. The molecule has 0 aromatic carbocycles. The molecule has 0 radical (unpaired) electrons. The number of hydrogen-bond acceptors (Lipinski definition) is 5. The van der Waals surface area contributed by atoms with E-state index < -0.39 is 5.91 Å². The molecule has 1 aromatic heterocycles. The van der Waals surface area contributed by atoms with Crippen molar-refractivity contribution in [3.05, 3.63) is 42.1 Å². The van der Waals surface area contributed by atoms with E-state index in [1.54, 1.807) is 18.5 Å². The van der Waals surface area contributed by atoms with Crippen LogP contribution in [0.15, 0.2) is 41.6 Å². The van der Waals surface area contributed by atoms with Gasteiger partial charge in [-0.3, -0.25) is 9.78 Å². The maximum atomic E-state index is 11.5. The molecule has 1 amide bonds. The smallest absolute Gasteiger partial charge is 0.309 e. The van der Waals surface area contributed by atoms with Crippen LogP contribution in [0.5, 0.6) is 0 Å². The fourth-order valence-corrected chi connectivity index (χ4v) is 1.16. The quantitative estimate of drug-likeness (QED) is 0.606. The molecular formula is C11H11N3O3. The maximum absolute atomic E-state index is 11.5. The summed E-state index contributed by atoms with van der Waals surface area (Å²) >= 11 is 0. The Labute approximate surface area is 97.9 Å². The van der Waals surface area contributed by atoms with E-state index in [0.717, 1.165) is 5.56 Å². The average molecular weight is 233 g/mol. The normalized spacial score (nSPS) is 14.7. The fraction of sp³-hybridized carbons (Fsp3) is 0.182. The largest absolute Gasteiger partial charge is 0.494 e. The molecule has 88 valence electrons. The number of nitrogens with zero attached hydrogens (tertiary/aromatic N) is 2. The monoisotopic (exact) mass is 233 g/mol. The van der Waals surface area contributed by atoms with Crippen LogP contribution >= 0.6 is 0 Å². The van der Waals surface area contributed by atoms with Crippen LogP contribution in [0, 0.1) is 0 Å². The maximum Gasteiger partial charge on any atom is 0.309 e. The second-order valence-corrected chi connectivity index (χ2v) is 3.19. The predicted octanol–water partition coefficient (Wildman–Crippen LogP) is 0.420. The summed E-state index contributed by atoms with van der Waals surface area (Å²) in [5.41, 5.74) is 3.12. The van der Waals surface area contributed by atoms with E-state index in [1.165, 1.54) is 12.5 Å². The van der Waals surface area contributed by atoms with Gasteiger partial charge >= 0.3 is 5.91 Å². The summed E-state index contributed by atoms with van der Waals surface area (Å²) in [5, 5.41) is 3.78. The number of amides is 1. The molecule has 1 N–H and O–H groups in total. The minimum atomic E-state index is -0.440. The van der Waals surface area contributed by atoms with Crippen LogP contribution in [0.4, 0.5) is 0 Å². The second kappa shape index (κ2) is 5.64. The van der Waals surface area contributed by atoms with Gasteiger partial charge in [0.2, 0.25) is 5.76 Å². The summed E-state index contributed by atoms with van der Waals surface area (Å²) in [6.45, 7) is 0.821. The molecule has 0 saturated heterocycles. The number of hydrazone groups is 1. The minimum Gasteiger partial charge on any atom is -0.494 e. The number of rotatable bonds is 3. The Morgan fingerprint density at radius 3 is 3.18 bits per heavy atom. The molecule has 0 spiro atoms. The van der Waals surface area contributed by atoms with Gasteiger partial charge < -0.3 is 9.47 Å². The topological polar surface area (TPSA) is 72.8 Å². The first-order valence-corrected chi connectivity index (χ1v) is 5.04. The number of carbonyl (C=O) groups excluding carboxylic acids is 1. The van der Waals surface area contributed by atoms with Crippen molar-refractivity contribution in [2.24, 2.45) is 5.10 Å². The first kappa shape index (κ1) is 11.1. The SMILES string of the molecule is O=C(N/N=C\c1cccnc1)C1=COCCO1. The molecule has 1 aromatic rings. The zero-order valence-electron chi connectivity index (χ0n) is 9.00. The average Bonchev–Trinajstić information content (AvgIpc) is 2.41. The van der Waals surface area contributed by atoms with Crippen LogP contribution in [0.3, 0.4) is 0 Å². The Morgan fingerprint density at radius 2 is 2.47 bits per heavy atom. The lowest BCUT2D eigenvalue weighted by molar-refractivity contribution is -0.122. The van der Waals surface area contributed by atoms with Crippen molar-refractivity contribution in [3.63, 3.8) is 0 Å². The van der Waals surface area contributed by atoms with Gasteiger partial charge in [0.1, 0.15) is 19.5 Å². The van der Waals surface area contributed by atoms with Crippen LogP contribution in [0.2, 0.25) is 0 Å². The highest BCUT2D eigenvalue weighted by Gasteiger charge is 2.13. The van der Waals surface area contributed by atoms with E-state index in [4.69, 9.17) is 9.47 Å². The predicted molar refractivity (Wildman–Crippen MR) is 60.0 cm³/mol. The highest BCUT2D eigenvalue weighted by molar-refractivity contribution is 5.92. The van der Waals surface area contributed by atoms with Gasteiger partial charge in [-0.2, -0.15) is 5.10 Å². The molecule has 0 aliphatic carbocycles. The van der Waals surface area contributed by atoms with Gasteiger partial charge in [0.05, 0.1) is 6.21 Å². The van der Waals surface area contributed by atoms with Crippen molar-refractivity contribution >= 4 is 12.1 Å². The number of nitrogens with one attached hydrogen (secondary N) is 1. The highest BCUT2D eigenvalue weighted by Crippen LogP contribution is 2.03. The van der Waals surface area contributed by atoms with Crippen molar-refractivity contribution in [2.45, 2.75) is 0 Å². The molecule has 0 atom stereocenters. The van der Waals surface area contributed by atoms with Gasteiger partial charge in [-0.05, 0) is 6.07 Å². The third-order valence-corrected chi connectivity index (χ3v) is 1.94. The van der Waals surface area contributed by atoms with Crippen molar-refractivity contribution in [1.82, 2.24) is 10.4 Å². The molecular weight excluding hydrogens is 222 g/mol. The van der Waals surface area contributed by atoms with Crippen molar-refractivity contribution in [1.29, 1.82) is 0 Å². The van der Waals surface area contributed by atoms with Gasteiger partial charge in [-0.1, -0.05) is 6.07 Å². The molecule has 2 rings (SSSR count). The van der Waals surface area contributed by atoms with Gasteiger partial charge in [0.15, 0.2) is 0 Å². The van der Waals surface area contributed by atoms with Crippen LogP contribution in [0.1, 0.15) is 5.56 Å². The van der Waals surface area contributed by atoms with E-state index in [1.807, 2.05) is 6.07 Å². The van der Waals surface area contributed by atoms with E-state index >= 15 is 0 Å². The lowest BCUT2D eigenvalue weighted by atomic mass is 10.3. The molecule has 0 unspecified atom stereocenters. The standard InChI is InChI=1S/C11H11N3O3/c15-11(10-8-16-4-5-17-10)14-13-7-9-2-1-3-12-6-9/h1-3,6-8H,4-5H2,(H,14,15)/b13-7-. The number of ether oxygens (including phenoxy) is 2. The van der Waals surface area contributed by atoms with E-state index in [2.05, 4.69) is 15.5 Å². The summed E-state index contributed by atoms with van der Waals surface area (Å²) in [5.74, 6) is -0.315. The molecule has 1 aliphatic rings. The lowest BCUT2D eigenvalue weighted by Gasteiger charge is -2.13. The van der Waals surface area contributed by atoms with Crippen LogP contribution < -0.4 is 5.43 Å². The van der Waals surface area contributed by atoms with Gasteiger partial charge in [0.25, 0.3) is 0 Å². The van der Waals surface area contributed by atoms with Gasteiger partial charge in [0, 0.05) is 18.0 Å². The van der Waals surface area contributed by atoms with Crippen molar-refractivity contribution in [2.75, 3.05) is 13.2 Å². The summed E-state index contributed by atoms with van der Waals surface area (Å²) in [6.07, 6.45) is 6.07. The van der Waals surface area contributed by atoms with Crippen molar-refractivity contribution in [3.8, 4) is 0 Å². The lowest BCUT2D eigenvalue weighted by Crippen LogP contribution is -2.24. The molecule has 6 nitrogen and oxygen atoms in total. The molecule has 6 heteroatoms. The van der Waals surface area contributed by atoms with Crippen LogP contribution in [0.25, 0.3) is 0 Å². The van der Waals surface area contributed by atoms with Gasteiger partial charge in [-0.15, -0.1) is 0 Å². The van der Waals surface area contributed by atoms with Crippen LogP contribution in [-0.2, 0) is 14.3 Å². The molecule has 0 fully saturated rings. The number of aromatic nitrogens is 1. The molecule has 0 bridgehead atoms. The first-order chi connectivity index (χ1) is 8.36. The molecule has 0 saturated carbocycles.